The minimum absolute atomic E-state index is 0.0142. The Hall–Kier alpha value is -4.44. The lowest BCUT2D eigenvalue weighted by Crippen LogP contribution is -2.36. The Morgan fingerprint density at radius 1 is 0.760 bits per heavy atom. The van der Waals surface area contributed by atoms with E-state index in [0.29, 0.717) is 19.3 Å². The Kier molecular flexibility index (Phi) is 34.7. The van der Waals surface area contributed by atoms with E-state index in [1.807, 2.05) is 31.2 Å². The number of unbranched alkanes of at least 4 members (excludes halogenated alkanes) is 7. The minimum atomic E-state index is -5.53. The summed E-state index contributed by atoms with van der Waals surface area (Å²) in [7, 11) is -11.0. The standard InChI is InChI=1S/C52H81N3O18P2/c1-3-5-7-8-9-10-11-12-13-14-15-16-17-18-19-24-28-34-47(59)68-38-42(71-48(60)35-29-33-44(58)43(57)32-27-23-21-20-22-26-31-41(56)30-25-6-4-2)39-69-74(64,65)73-75(66,67)70-40-45-49(61)50(62)51(72-45)55-37-36-46(53)54-52(55)63/h6,12-13,15-16,18-23,25-27,31-32,36-37,41-45,49-51,56-58,61-62H,3-5,7-11,14,17,24,28-30,33-35,38-40H2,1-2H3,(H,64,65)(H,66,67)(H2,53,54,63)/b13-12-,16-15-,19-18-,22-20+,23-21-,25-6-,31-26+,32-27-/t41-,42+,43+,44+,45+,49+,50+,51+/m0/s1. The van der Waals surface area contributed by atoms with E-state index in [1.165, 1.54) is 56.7 Å². The van der Waals surface area contributed by atoms with Gasteiger partial charge in [0, 0.05) is 19.0 Å². The number of phosphoric acid groups is 2. The topological polar surface area (TPSA) is 326 Å². The van der Waals surface area contributed by atoms with Crippen molar-refractivity contribution in [3.05, 3.63) is 120 Å². The highest BCUT2D eigenvalue weighted by Gasteiger charge is 2.46. The van der Waals surface area contributed by atoms with Crippen LogP contribution in [0, 0.1) is 0 Å². The second-order valence-corrected chi connectivity index (χ2v) is 20.5. The van der Waals surface area contributed by atoms with Crippen LogP contribution < -0.4 is 11.4 Å². The van der Waals surface area contributed by atoms with Crippen molar-refractivity contribution in [2.45, 2.75) is 172 Å². The van der Waals surface area contributed by atoms with Crippen molar-refractivity contribution < 1.29 is 81.6 Å². The van der Waals surface area contributed by atoms with E-state index in [0.717, 1.165) is 36.4 Å². The zero-order chi connectivity index (χ0) is 55.3. The number of esters is 2. The van der Waals surface area contributed by atoms with Crippen LogP contribution in [-0.4, -0.2) is 119 Å². The van der Waals surface area contributed by atoms with Gasteiger partial charge in [-0.2, -0.15) is 9.29 Å². The highest BCUT2D eigenvalue weighted by Crippen LogP contribution is 2.60. The molecule has 9 N–H and O–H groups in total. The van der Waals surface area contributed by atoms with Gasteiger partial charge in [0.1, 0.15) is 30.7 Å². The summed E-state index contributed by atoms with van der Waals surface area (Å²) in [5, 5.41) is 51.6. The predicted octanol–water partition coefficient (Wildman–Crippen LogP) is 7.35. The monoisotopic (exact) mass is 1100 g/mol. The lowest BCUT2D eigenvalue weighted by atomic mass is 10.1. The maximum absolute atomic E-state index is 12.9. The number of carbonyl (C=O) groups excluding carboxylic acids is 2. The molecule has 0 bridgehead atoms. The van der Waals surface area contributed by atoms with Gasteiger partial charge in [-0.3, -0.25) is 23.2 Å². The number of anilines is 1. The van der Waals surface area contributed by atoms with Gasteiger partial charge in [-0.05, 0) is 70.3 Å². The van der Waals surface area contributed by atoms with E-state index in [2.05, 4.69) is 40.5 Å². The second-order valence-electron chi connectivity index (χ2n) is 17.5. The lowest BCUT2D eigenvalue weighted by molar-refractivity contribution is -0.161. The van der Waals surface area contributed by atoms with Crippen molar-refractivity contribution in [2.24, 2.45) is 0 Å². The molecule has 0 saturated carbocycles. The molecule has 10 atom stereocenters. The van der Waals surface area contributed by atoms with Crippen LogP contribution in [0.2, 0.25) is 0 Å². The number of aliphatic hydroxyl groups excluding tert-OH is 5. The van der Waals surface area contributed by atoms with Crippen LogP contribution in [0.4, 0.5) is 5.82 Å². The van der Waals surface area contributed by atoms with Crippen LogP contribution in [-0.2, 0) is 46.3 Å². The SMILES string of the molecule is CC/C=C\C[C@H](O)/C=C/C=C/C=C\C=C/[C@@H](O)[C@H](O)CCCC(=O)O[C@H](COC(=O)CCC/C=C\C/C=C\C/C=C\CCCCCCCC)COP(=O)(O)OP(=O)(O)OC[C@H]1O[C@@H](n2ccc(N)nc2=O)[C@H](O)[C@@H]1O. The van der Waals surface area contributed by atoms with Gasteiger partial charge < -0.3 is 55.3 Å². The molecule has 1 aromatic heterocycles. The zero-order valence-corrected chi connectivity index (χ0v) is 44.9. The summed E-state index contributed by atoms with van der Waals surface area (Å²) in [6.45, 7) is 1.56. The number of nitrogen functional groups attached to an aromatic ring is 1. The van der Waals surface area contributed by atoms with Crippen molar-refractivity contribution in [3.63, 3.8) is 0 Å². The van der Waals surface area contributed by atoms with Crippen LogP contribution >= 0.6 is 15.6 Å². The number of aromatic nitrogens is 2. The van der Waals surface area contributed by atoms with Crippen molar-refractivity contribution in [1.29, 1.82) is 0 Å². The number of rotatable bonds is 40. The number of ether oxygens (including phenoxy) is 3. The Morgan fingerprint density at radius 3 is 2.05 bits per heavy atom. The molecule has 0 radical (unpaired) electrons. The van der Waals surface area contributed by atoms with Crippen LogP contribution in [0.1, 0.15) is 129 Å². The summed E-state index contributed by atoms with van der Waals surface area (Å²) in [5.41, 5.74) is 4.55. The fourth-order valence-electron chi connectivity index (χ4n) is 6.90. The lowest BCUT2D eigenvalue weighted by Gasteiger charge is -2.21. The number of hydrogen-bond donors (Lipinski definition) is 8. The Labute approximate surface area is 440 Å². The summed E-state index contributed by atoms with van der Waals surface area (Å²) < 4.78 is 56.4. The van der Waals surface area contributed by atoms with Crippen molar-refractivity contribution >= 4 is 33.4 Å². The number of aliphatic hydroxyl groups is 5. The largest absolute Gasteiger partial charge is 0.481 e. The molecule has 1 saturated heterocycles. The first-order valence-electron chi connectivity index (χ1n) is 25.6. The zero-order valence-electron chi connectivity index (χ0n) is 43.1. The molecule has 0 aliphatic carbocycles. The van der Waals surface area contributed by atoms with Gasteiger partial charge in [-0.1, -0.05) is 143 Å². The molecule has 2 heterocycles. The van der Waals surface area contributed by atoms with Crippen molar-refractivity contribution in [1.82, 2.24) is 9.55 Å². The first kappa shape index (κ1) is 66.7. The maximum atomic E-state index is 12.9. The molecule has 2 rings (SSSR count). The van der Waals surface area contributed by atoms with E-state index in [9.17, 15) is 58.8 Å². The second kappa shape index (κ2) is 39.0. The number of nitrogens with zero attached hydrogens (tertiary/aromatic N) is 2. The molecule has 0 spiro atoms. The molecule has 1 fully saturated rings. The summed E-state index contributed by atoms with van der Waals surface area (Å²) in [5.74, 6) is -1.73. The summed E-state index contributed by atoms with van der Waals surface area (Å²) in [6.07, 6.45) is 31.4. The normalized spacial score (nSPS) is 20.9. The fourth-order valence-corrected chi connectivity index (χ4v) is 9.01. The van der Waals surface area contributed by atoms with Gasteiger partial charge in [-0.15, -0.1) is 0 Å². The maximum Gasteiger partial charge on any atom is 0.481 e. The minimum Gasteiger partial charge on any atom is -0.462 e. The summed E-state index contributed by atoms with van der Waals surface area (Å²) >= 11 is 0. The number of hydrogen-bond acceptors (Lipinski definition) is 18. The molecule has 1 aromatic rings. The average molecular weight is 1100 g/mol. The van der Waals surface area contributed by atoms with Gasteiger partial charge in [-0.25, -0.2) is 13.9 Å². The van der Waals surface area contributed by atoms with Crippen molar-refractivity contribution in [2.75, 3.05) is 25.6 Å². The van der Waals surface area contributed by atoms with Crippen LogP contribution in [0.25, 0.3) is 0 Å². The predicted molar refractivity (Wildman–Crippen MR) is 283 cm³/mol. The molecule has 422 valence electrons. The molecule has 75 heavy (non-hydrogen) atoms. The first-order valence-corrected chi connectivity index (χ1v) is 28.6. The van der Waals surface area contributed by atoms with Gasteiger partial charge >= 0.3 is 33.3 Å². The van der Waals surface area contributed by atoms with Gasteiger partial charge in [0.2, 0.25) is 0 Å². The third-order valence-electron chi connectivity index (χ3n) is 11.0. The van der Waals surface area contributed by atoms with Crippen LogP contribution in [0.3, 0.4) is 0 Å². The summed E-state index contributed by atoms with van der Waals surface area (Å²) in [4.78, 5) is 61.9. The molecule has 0 aromatic carbocycles. The molecule has 21 nitrogen and oxygen atoms in total. The quantitative estimate of drug-likeness (QED) is 0.0105. The van der Waals surface area contributed by atoms with E-state index in [1.54, 1.807) is 36.5 Å². The Morgan fingerprint density at radius 2 is 1.37 bits per heavy atom. The molecule has 1 aliphatic rings. The molecular weight excluding hydrogens is 1020 g/mol. The van der Waals surface area contributed by atoms with E-state index in [4.69, 9.17) is 29.0 Å². The van der Waals surface area contributed by atoms with Gasteiger partial charge in [0.05, 0.1) is 31.5 Å². The first-order chi connectivity index (χ1) is 35.9. The van der Waals surface area contributed by atoms with E-state index >= 15 is 0 Å². The number of carbonyl (C=O) groups is 2. The van der Waals surface area contributed by atoms with Gasteiger partial charge in [0.25, 0.3) is 0 Å². The number of phosphoric ester groups is 2. The Bertz CT molecular complexity index is 2190. The molecular formula is C52H81N3O18P2. The molecule has 1 aliphatic heterocycles. The van der Waals surface area contributed by atoms with E-state index in [-0.39, 0.29) is 31.5 Å². The molecule has 2 unspecified atom stereocenters. The number of allylic oxidation sites excluding steroid dienone is 13. The summed E-state index contributed by atoms with van der Waals surface area (Å²) in [6, 6.07) is 1.22. The molecule has 0 amide bonds. The highest BCUT2D eigenvalue weighted by atomic mass is 31.3. The van der Waals surface area contributed by atoms with Crippen molar-refractivity contribution in [3.8, 4) is 0 Å². The highest BCUT2D eigenvalue weighted by molar-refractivity contribution is 7.61. The Balaban J connectivity index is 1.92. The van der Waals surface area contributed by atoms with Crippen LogP contribution in [0.15, 0.2) is 114 Å². The smallest absolute Gasteiger partial charge is 0.462 e. The number of nitrogens with two attached hydrogens (primary N) is 1. The van der Waals surface area contributed by atoms with Crippen LogP contribution in [0.5, 0.6) is 0 Å². The molecule has 23 heteroatoms. The van der Waals surface area contributed by atoms with E-state index < -0.39 is 102 Å². The fraction of sp³-hybridized carbons (Fsp3) is 0.577. The average Bonchev–Trinajstić information content (AvgIpc) is 3.64. The third-order valence-corrected chi connectivity index (χ3v) is 13.6. The third kappa shape index (κ3) is 31.4. The van der Waals surface area contributed by atoms with Gasteiger partial charge in [0.15, 0.2) is 12.3 Å².